The van der Waals surface area contributed by atoms with Crippen molar-refractivity contribution in [3.05, 3.63) is 0 Å². The van der Waals surface area contributed by atoms with Crippen LogP contribution in [0.1, 0.15) is 0 Å². The largest absolute Gasteiger partial charge is 0.459 e. The van der Waals surface area contributed by atoms with Crippen molar-refractivity contribution in [2.24, 2.45) is 10.7 Å². The molecule has 0 aliphatic rings. The first-order chi connectivity index (χ1) is 2.27. The highest BCUT2D eigenvalue weighted by molar-refractivity contribution is 8.39. The molecule has 0 heterocycles. The lowest BCUT2D eigenvalue weighted by Gasteiger charge is -1.52. The second-order valence-corrected chi connectivity index (χ2v) is 2.22. The van der Waals surface area contributed by atoms with E-state index in [-0.39, 0.29) is 0 Å². The van der Waals surface area contributed by atoms with E-state index in [1.165, 1.54) is 0 Å². The van der Waals surface area contributed by atoms with Gasteiger partial charge in [-0.2, -0.15) is 10.7 Å². The van der Waals surface area contributed by atoms with Crippen LogP contribution in [0.25, 0.3) is 0 Å². The zero-order valence-corrected chi connectivity index (χ0v) is 4.16. The van der Waals surface area contributed by atoms with E-state index in [0.29, 0.717) is 0 Å². The second-order valence-electron chi connectivity index (χ2n) is 0.384. The number of rotatable bonds is 0. The molecule has 0 saturated heterocycles. The molecule has 0 rings (SSSR count). The third-order valence-electron chi connectivity index (χ3n) is 0.103. The van der Waals surface area contributed by atoms with Crippen molar-refractivity contribution in [3.8, 4) is 0 Å². The maximum atomic E-state index is 8.00. The molecule has 0 fully saturated rings. The Labute approximate surface area is 35.9 Å². The fraction of sp³-hybridized carbons (Fsp3) is 0. The third-order valence-corrected chi connectivity index (χ3v) is 0.620. The molecule has 3 nitrogen and oxygen atoms in total. The summed E-state index contributed by atoms with van der Waals surface area (Å²) in [4.78, 5) is 10.9. The van der Waals surface area contributed by atoms with Gasteiger partial charge in [-0.05, 0) is 0 Å². The fourth-order valence-electron chi connectivity index (χ4n) is 0. The smallest absolute Gasteiger partial charge is 0.185 e. The molecule has 0 bridgehead atoms. The Morgan fingerprint density at radius 2 is 2.20 bits per heavy atom. The molecular formula is H4N2OPS+. The van der Waals surface area contributed by atoms with E-state index in [2.05, 4.69) is 22.9 Å². The minimum Gasteiger partial charge on any atom is -0.185 e. The van der Waals surface area contributed by atoms with Crippen molar-refractivity contribution >= 4 is 19.4 Å². The van der Waals surface area contributed by atoms with Crippen LogP contribution in [0, 0.1) is 0 Å². The average molecular weight is 111 g/mol. The molecule has 0 aliphatic heterocycles. The second kappa shape index (κ2) is 2.60. The van der Waals surface area contributed by atoms with E-state index < -0.39 is 7.14 Å². The SMILES string of the molecule is N/N=[P+](\O)S. The Balaban J connectivity index is 3.14. The van der Waals surface area contributed by atoms with Crippen molar-refractivity contribution in [3.63, 3.8) is 0 Å². The van der Waals surface area contributed by atoms with Crippen molar-refractivity contribution in [2.45, 2.75) is 0 Å². The van der Waals surface area contributed by atoms with Gasteiger partial charge in [0.25, 0.3) is 0 Å². The molecule has 1 atom stereocenters. The number of hydrogen-bond acceptors (Lipinski definition) is 1. The van der Waals surface area contributed by atoms with Gasteiger partial charge in [0.15, 0.2) is 0 Å². The monoisotopic (exact) mass is 111 g/mol. The summed E-state index contributed by atoms with van der Waals surface area (Å²) in [6, 6.07) is 0. The molecule has 0 radical (unpaired) electrons. The summed E-state index contributed by atoms with van der Waals surface area (Å²) in [6.45, 7) is 0. The van der Waals surface area contributed by atoms with Gasteiger partial charge in [0.1, 0.15) is 12.2 Å². The van der Waals surface area contributed by atoms with Crippen molar-refractivity contribution < 1.29 is 4.89 Å². The summed E-state index contributed by atoms with van der Waals surface area (Å²) in [5.74, 6) is 4.50. The molecule has 1 unspecified atom stereocenters. The molecule has 0 spiro atoms. The fourth-order valence-corrected chi connectivity index (χ4v) is 0. The Kier molecular flexibility index (Phi) is 2.79. The summed E-state index contributed by atoms with van der Waals surface area (Å²) in [6.07, 6.45) is 0. The molecule has 30 valence electrons. The summed E-state index contributed by atoms with van der Waals surface area (Å²) in [7, 11) is -1.50. The zero-order chi connectivity index (χ0) is 4.28. The normalized spacial score (nSPS) is 12.2. The van der Waals surface area contributed by atoms with E-state index in [0.717, 1.165) is 0 Å². The lowest BCUT2D eigenvalue weighted by atomic mass is 13.0. The van der Waals surface area contributed by atoms with Crippen molar-refractivity contribution in [1.29, 1.82) is 0 Å². The van der Waals surface area contributed by atoms with Crippen molar-refractivity contribution in [1.82, 2.24) is 0 Å². The van der Waals surface area contributed by atoms with E-state index in [1.54, 1.807) is 0 Å². The van der Waals surface area contributed by atoms with E-state index >= 15 is 0 Å². The van der Waals surface area contributed by atoms with Gasteiger partial charge < -0.3 is 0 Å². The first-order valence-corrected chi connectivity index (χ1v) is 3.26. The predicted molar refractivity (Wildman–Crippen MR) is 24.7 cm³/mol. The molecule has 0 aliphatic carbocycles. The lowest BCUT2D eigenvalue weighted by Crippen LogP contribution is -1.68. The first-order valence-electron chi connectivity index (χ1n) is 0.858. The Bertz CT molecular complexity index is 47.6. The molecule has 0 aromatic carbocycles. The van der Waals surface area contributed by atoms with Crippen LogP contribution in [-0.2, 0) is 0 Å². The van der Waals surface area contributed by atoms with Gasteiger partial charge in [-0.25, -0.2) is 0 Å². The van der Waals surface area contributed by atoms with Gasteiger partial charge in [-0.3, -0.25) is 0 Å². The van der Waals surface area contributed by atoms with E-state index in [4.69, 9.17) is 4.89 Å². The summed E-state index contributed by atoms with van der Waals surface area (Å²) in [5, 5.41) is 0. The number of thiol groups is 1. The number of nitrogens with two attached hydrogens (primary N) is 1. The van der Waals surface area contributed by atoms with Crippen LogP contribution in [0.3, 0.4) is 0 Å². The van der Waals surface area contributed by atoms with Gasteiger partial charge in [-0.1, -0.05) is 0 Å². The van der Waals surface area contributed by atoms with Crippen molar-refractivity contribution in [2.75, 3.05) is 0 Å². The molecular weight excluding hydrogens is 107 g/mol. The maximum Gasteiger partial charge on any atom is 0.459 e. The van der Waals surface area contributed by atoms with Gasteiger partial charge in [0.2, 0.25) is 0 Å². The topological polar surface area (TPSA) is 58.6 Å². The van der Waals surface area contributed by atoms with Gasteiger partial charge in [0, 0.05) is 4.85 Å². The molecule has 0 aromatic rings. The average Bonchev–Trinajstić information content (AvgIpc) is 1.38. The van der Waals surface area contributed by atoms with Crippen LogP contribution in [0.4, 0.5) is 0 Å². The molecule has 3 N–H and O–H groups in total. The zero-order valence-electron chi connectivity index (χ0n) is 2.37. The lowest BCUT2D eigenvalue weighted by molar-refractivity contribution is 0.648. The third kappa shape index (κ3) is 4.37. The Morgan fingerprint density at radius 1 is 2.00 bits per heavy atom. The van der Waals surface area contributed by atoms with Gasteiger partial charge in [0.05, 0.1) is 0 Å². The highest BCUT2D eigenvalue weighted by Gasteiger charge is 1.88. The van der Waals surface area contributed by atoms with Crippen LogP contribution in [-0.4, -0.2) is 4.89 Å². The predicted octanol–water partition coefficient (Wildman–Crippen LogP) is 0.278. The van der Waals surface area contributed by atoms with Crippen LogP contribution in [0.15, 0.2) is 4.85 Å². The Morgan fingerprint density at radius 3 is 2.20 bits per heavy atom. The van der Waals surface area contributed by atoms with Crippen LogP contribution in [0.2, 0.25) is 0 Å². The number of hydrogen-bond donors (Lipinski definition) is 3. The van der Waals surface area contributed by atoms with Crippen LogP contribution < -0.4 is 5.84 Å². The standard InChI is InChI=1S/H4N2OPS/c1-2-4(3)5/h1H2,(H2,2,3,5)/q+1. The highest BCUT2D eigenvalue weighted by Crippen LogP contribution is 2.20. The molecule has 0 aromatic heterocycles. The van der Waals surface area contributed by atoms with E-state index in [1.807, 2.05) is 0 Å². The minimum absolute atomic E-state index is 1.50. The first kappa shape index (κ1) is 5.37. The quantitative estimate of drug-likeness (QED) is 0.182. The number of nitrogens with zero attached hydrogens (tertiary/aromatic N) is 1. The Hall–Kier alpha value is 0.370. The molecule has 5 heteroatoms. The van der Waals surface area contributed by atoms with E-state index in [9.17, 15) is 0 Å². The molecule has 5 heavy (non-hydrogen) atoms. The highest BCUT2D eigenvalue weighted by atomic mass is 32.7. The summed E-state index contributed by atoms with van der Waals surface area (Å²) < 4.78 is 0. The summed E-state index contributed by atoms with van der Waals surface area (Å²) in [5.41, 5.74) is 0. The van der Waals surface area contributed by atoms with Crippen LogP contribution in [0.5, 0.6) is 0 Å². The minimum atomic E-state index is -1.50. The summed E-state index contributed by atoms with van der Waals surface area (Å²) >= 11 is 3.43. The van der Waals surface area contributed by atoms with Gasteiger partial charge >= 0.3 is 7.14 Å². The maximum absolute atomic E-state index is 8.00. The molecule has 0 amide bonds. The molecule has 0 saturated carbocycles. The van der Waals surface area contributed by atoms with Gasteiger partial charge in [-0.15, -0.1) is 0 Å². The van der Waals surface area contributed by atoms with Crippen LogP contribution >= 0.6 is 19.4 Å².